The van der Waals surface area contributed by atoms with Crippen LogP contribution in [-0.2, 0) is 0 Å². The lowest BCUT2D eigenvalue weighted by Crippen LogP contribution is -1.86. The average molecular weight is 512 g/mol. The molecule has 0 N–H and O–H groups in total. The van der Waals surface area contributed by atoms with Crippen LogP contribution >= 0.6 is 0 Å². The van der Waals surface area contributed by atoms with Gasteiger partial charge in [-0.2, -0.15) is 0 Å². The Morgan fingerprint density at radius 3 is 1.75 bits per heavy atom. The van der Waals surface area contributed by atoms with E-state index >= 15 is 0 Å². The number of pyridine rings is 1. The fourth-order valence-electron chi connectivity index (χ4n) is 6.16. The van der Waals surface area contributed by atoms with Gasteiger partial charge >= 0.3 is 0 Å². The quantitative estimate of drug-likeness (QED) is 0.232. The molecule has 0 unspecified atom stereocenters. The Morgan fingerprint density at radius 1 is 0.450 bits per heavy atom. The Hall–Kier alpha value is -5.41. The zero-order valence-electron chi connectivity index (χ0n) is 21.4. The summed E-state index contributed by atoms with van der Waals surface area (Å²) >= 11 is 0. The summed E-state index contributed by atoms with van der Waals surface area (Å²) in [5, 5.41) is 8.94. The molecule has 0 atom stereocenters. The fraction of sp³-hybridized carbons (Fsp3) is 0. The molecule has 9 aromatic rings. The summed E-state index contributed by atoms with van der Waals surface area (Å²) in [5.41, 5.74) is 7.55. The van der Waals surface area contributed by atoms with E-state index < -0.39 is 0 Å². The highest BCUT2D eigenvalue weighted by atomic mass is 16.3. The van der Waals surface area contributed by atoms with Crippen molar-refractivity contribution in [2.24, 2.45) is 0 Å². The molecule has 3 heterocycles. The number of hydrogen-bond donors (Lipinski definition) is 0. The molecule has 0 spiro atoms. The number of nitrogens with zero attached hydrogens (tertiary/aromatic N) is 1. The monoisotopic (exact) mass is 511 g/mol. The molecule has 3 aromatic heterocycles. The number of fused-ring (bicyclic) bond motifs is 9. The average Bonchev–Trinajstić information content (AvgIpc) is 3.56. The number of furan rings is 2. The van der Waals surface area contributed by atoms with Gasteiger partial charge in [0.05, 0.1) is 11.1 Å². The minimum atomic E-state index is 0.814. The molecule has 0 aliphatic heterocycles. The summed E-state index contributed by atoms with van der Waals surface area (Å²) in [6, 6.07) is 42.3. The second-order valence-electron chi connectivity index (χ2n) is 10.4. The first kappa shape index (κ1) is 21.5. The predicted octanol–water partition coefficient (Wildman–Crippen LogP) is 10.5. The number of benzene rings is 6. The number of aromatic nitrogens is 1. The maximum Gasteiger partial charge on any atom is 0.147 e. The summed E-state index contributed by atoms with van der Waals surface area (Å²) in [7, 11) is 0. The maximum atomic E-state index is 6.75. The van der Waals surface area contributed by atoms with Gasteiger partial charge in [0.25, 0.3) is 0 Å². The minimum Gasteiger partial charge on any atom is -0.456 e. The van der Waals surface area contributed by atoms with E-state index in [1.54, 1.807) is 0 Å². The third-order valence-corrected chi connectivity index (χ3v) is 8.05. The van der Waals surface area contributed by atoms with E-state index in [1.807, 2.05) is 24.4 Å². The van der Waals surface area contributed by atoms with Crippen LogP contribution in [-0.4, -0.2) is 4.98 Å². The van der Waals surface area contributed by atoms with Gasteiger partial charge in [0.1, 0.15) is 22.3 Å². The smallest absolute Gasteiger partial charge is 0.147 e. The molecule has 0 saturated carbocycles. The lowest BCUT2D eigenvalue weighted by atomic mass is 9.95. The van der Waals surface area contributed by atoms with Gasteiger partial charge in [0, 0.05) is 27.9 Å². The Labute approximate surface area is 228 Å². The van der Waals surface area contributed by atoms with E-state index in [-0.39, 0.29) is 0 Å². The van der Waals surface area contributed by atoms with Crippen LogP contribution in [0.25, 0.3) is 87.8 Å². The van der Waals surface area contributed by atoms with Crippen LogP contribution in [0, 0.1) is 0 Å². The molecular weight excluding hydrogens is 490 g/mol. The van der Waals surface area contributed by atoms with E-state index in [1.165, 1.54) is 10.8 Å². The van der Waals surface area contributed by atoms with Gasteiger partial charge in [-0.3, -0.25) is 4.98 Å². The van der Waals surface area contributed by atoms with E-state index in [0.29, 0.717) is 0 Å². The molecule has 9 rings (SSSR count). The van der Waals surface area contributed by atoms with Crippen molar-refractivity contribution in [3.8, 4) is 22.4 Å². The van der Waals surface area contributed by atoms with Crippen LogP contribution in [0.4, 0.5) is 0 Å². The third-order valence-electron chi connectivity index (χ3n) is 8.05. The number of hydrogen-bond acceptors (Lipinski definition) is 3. The van der Waals surface area contributed by atoms with Gasteiger partial charge in [0.2, 0.25) is 0 Å². The van der Waals surface area contributed by atoms with Crippen molar-refractivity contribution in [2.45, 2.75) is 0 Å². The van der Waals surface area contributed by atoms with Gasteiger partial charge in [0.15, 0.2) is 0 Å². The molecular formula is C37H21NO2. The second-order valence-corrected chi connectivity index (χ2v) is 10.4. The zero-order chi connectivity index (χ0) is 26.2. The first-order valence-corrected chi connectivity index (χ1v) is 13.4. The minimum absolute atomic E-state index is 0.814. The van der Waals surface area contributed by atoms with E-state index in [9.17, 15) is 0 Å². The van der Waals surface area contributed by atoms with Crippen LogP contribution < -0.4 is 0 Å². The Morgan fingerprint density at radius 2 is 1.05 bits per heavy atom. The highest BCUT2D eigenvalue weighted by Gasteiger charge is 2.22. The molecule has 0 fully saturated rings. The first-order valence-electron chi connectivity index (χ1n) is 13.4. The zero-order valence-corrected chi connectivity index (χ0v) is 21.4. The standard InChI is InChI=1S/C37H21NO2/c1-2-8-22(9-3-1)31-18-27(14-15-38-31)28-21-34-36(30-17-24-11-5-6-12-25(24)19-32(30)39-34)37-35(28)29-16-23-10-4-7-13-26(23)20-33(29)40-37/h1-21H. The predicted molar refractivity (Wildman–Crippen MR) is 165 cm³/mol. The van der Waals surface area contributed by atoms with Crippen LogP contribution in [0.5, 0.6) is 0 Å². The van der Waals surface area contributed by atoms with Gasteiger partial charge in [-0.25, -0.2) is 0 Å². The van der Waals surface area contributed by atoms with E-state index in [0.717, 1.165) is 77.0 Å². The fourth-order valence-corrected chi connectivity index (χ4v) is 6.16. The van der Waals surface area contributed by atoms with Crippen molar-refractivity contribution >= 4 is 65.4 Å². The van der Waals surface area contributed by atoms with Crippen molar-refractivity contribution in [2.75, 3.05) is 0 Å². The highest BCUT2D eigenvalue weighted by Crippen LogP contribution is 2.46. The van der Waals surface area contributed by atoms with Gasteiger partial charge in [-0.05, 0) is 75.1 Å². The molecule has 0 bridgehead atoms. The lowest BCUT2D eigenvalue weighted by Gasteiger charge is -2.08. The number of rotatable bonds is 2. The lowest BCUT2D eigenvalue weighted by molar-refractivity contribution is 0.663. The third kappa shape index (κ3) is 3.09. The highest BCUT2D eigenvalue weighted by molar-refractivity contribution is 6.27. The Kier molecular flexibility index (Phi) is 4.33. The normalized spacial score (nSPS) is 12.0. The summed E-state index contributed by atoms with van der Waals surface area (Å²) in [6.07, 6.45) is 1.89. The molecule has 3 nitrogen and oxygen atoms in total. The summed E-state index contributed by atoms with van der Waals surface area (Å²) in [6.45, 7) is 0. The molecule has 0 aliphatic rings. The van der Waals surface area contributed by atoms with Gasteiger partial charge in [-0.15, -0.1) is 0 Å². The van der Waals surface area contributed by atoms with Crippen LogP contribution in [0.2, 0.25) is 0 Å². The molecule has 186 valence electrons. The van der Waals surface area contributed by atoms with Crippen LogP contribution in [0.3, 0.4) is 0 Å². The SMILES string of the molecule is c1ccc(-c2cc(-c3cc4oc5cc6ccccc6cc5c4c4oc5cc6ccccc6cc5c34)ccn2)cc1. The largest absolute Gasteiger partial charge is 0.456 e. The van der Waals surface area contributed by atoms with E-state index in [4.69, 9.17) is 8.83 Å². The summed E-state index contributed by atoms with van der Waals surface area (Å²) < 4.78 is 13.3. The van der Waals surface area contributed by atoms with Crippen molar-refractivity contribution < 1.29 is 8.83 Å². The van der Waals surface area contributed by atoms with Gasteiger partial charge in [-0.1, -0.05) is 78.9 Å². The molecule has 0 aliphatic carbocycles. The van der Waals surface area contributed by atoms with Crippen molar-refractivity contribution in [1.29, 1.82) is 0 Å². The van der Waals surface area contributed by atoms with Crippen molar-refractivity contribution in [3.63, 3.8) is 0 Å². The Balaban J connectivity index is 1.44. The molecule has 0 amide bonds. The Bertz CT molecular complexity index is 2430. The second kappa shape index (κ2) is 8.05. The molecule has 0 radical (unpaired) electrons. The molecule has 40 heavy (non-hydrogen) atoms. The summed E-state index contributed by atoms with van der Waals surface area (Å²) in [5.74, 6) is 0. The van der Waals surface area contributed by atoms with Crippen molar-refractivity contribution in [1.82, 2.24) is 4.98 Å². The van der Waals surface area contributed by atoms with Crippen molar-refractivity contribution in [3.05, 3.63) is 128 Å². The topological polar surface area (TPSA) is 39.2 Å². The molecule has 0 saturated heterocycles. The van der Waals surface area contributed by atoms with Gasteiger partial charge < -0.3 is 8.83 Å². The van der Waals surface area contributed by atoms with Crippen LogP contribution in [0.15, 0.2) is 136 Å². The molecule has 6 aromatic carbocycles. The van der Waals surface area contributed by atoms with E-state index in [2.05, 4.69) is 108 Å². The van der Waals surface area contributed by atoms with Crippen LogP contribution in [0.1, 0.15) is 0 Å². The maximum absolute atomic E-state index is 6.75. The first-order chi connectivity index (χ1) is 19.8. The summed E-state index contributed by atoms with van der Waals surface area (Å²) in [4.78, 5) is 4.69. The molecule has 3 heteroatoms.